The minimum Gasteiger partial charge on any atom is -0.319 e. The van der Waals surface area contributed by atoms with E-state index in [2.05, 4.69) is 5.32 Å². The number of nitrogens with zero attached hydrogens (tertiary/aromatic N) is 2. The van der Waals surface area contributed by atoms with Crippen molar-refractivity contribution >= 4 is 33.6 Å². The molecule has 1 saturated heterocycles. The van der Waals surface area contributed by atoms with Crippen molar-refractivity contribution in [1.29, 1.82) is 0 Å². The van der Waals surface area contributed by atoms with Crippen molar-refractivity contribution in [3.63, 3.8) is 0 Å². The summed E-state index contributed by atoms with van der Waals surface area (Å²) in [5.41, 5.74) is 0.0169. The normalized spacial score (nSPS) is 19.7. The standard InChI is InChI=1S/C20H22ClN3O4S/c1-4-20(15-8-10-16(21)11-9-15)18(25)24(19(26)22-20)13-14-6-5-7-17(12-14)29(27,28)23(2)3/h5-12H,4,13H2,1-3H3,(H,22,26)/t20-/m0/s1. The number of sulfonamides is 1. The van der Waals surface area contributed by atoms with Crippen molar-refractivity contribution in [3.05, 3.63) is 64.7 Å². The number of carbonyl (C=O) groups excluding carboxylic acids is 2. The van der Waals surface area contributed by atoms with Gasteiger partial charge in [-0.3, -0.25) is 9.69 Å². The van der Waals surface area contributed by atoms with Gasteiger partial charge in [0, 0.05) is 19.1 Å². The van der Waals surface area contributed by atoms with Gasteiger partial charge in [-0.25, -0.2) is 17.5 Å². The summed E-state index contributed by atoms with van der Waals surface area (Å²) >= 11 is 5.95. The van der Waals surface area contributed by atoms with Crippen molar-refractivity contribution in [2.45, 2.75) is 30.3 Å². The van der Waals surface area contributed by atoms with Gasteiger partial charge in [-0.05, 0) is 41.8 Å². The van der Waals surface area contributed by atoms with E-state index in [9.17, 15) is 18.0 Å². The van der Waals surface area contributed by atoms with Crippen molar-refractivity contribution in [3.8, 4) is 0 Å². The Balaban J connectivity index is 1.92. The molecule has 0 radical (unpaired) electrons. The van der Waals surface area contributed by atoms with Crippen molar-refractivity contribution < 1.29 is 18.0 Å². The number of hydrogen-bond acceptors (Lipinski definition) is 4. The molecule has 0 aliphatic carbocycles. The lowest BCUT2D eigenvalue weighted by atomic mass is 9.87. The molecule has 2 aromatic rings. The van der Waals surface area contributed by atoms with Crippen molar-refractivity contribution in [1.82, 2.24) is 14.5 Å². The van der Waals surface area contributed by atoms with E-state index in [-0.39, 0.29) is 17.3 Å². The number of nitrogens with one attached hydrogen (secondary N) is 1. The smallest absolute Gasteiger partial charge is 0.319 e. The summed E-state index contributed by atoms with van der Waals surface area (Å²) in [7, 11) is -0.727. The molecule has 154 valence electrons. The third kappa shape index (κ3) is 3.75. The van der Waals surface area contributed by atoms with Crippen LogP contribution in [0.1, 0.15) is 24.5 Å². The molecular formula is C20H22ClN3O4S. The van der Waals surface area contributed by atoms with Crippen molar-refractivity contribution in [2.24, 2.45) is 0 Å². The van der Waals surface area contributed by atoms with E-state index < -0.39 is 21.6 Å². The maximum atomic E-state index is 13.2. The number of carbonyl (C=O) groups is 2. The van der Waals surface area contributed by atoms with Gasteiger partial charge in [-0.15, -0.1) is 0 Å². The minimum absolute atomic E-state index is 0.0310. The fourth-order valence-electron chi connectivity index (χ4n) is 3.34. The molecule has 1 heterocycles. The third-order valence-corrected chi connectivity index (χ3v) is 7.12. The monoisotopic (exact) mass is 435 g/mol. The molecule has 3 amide bonds. The topological polar surface area (TPSA) is 86.8 Å². The van der Waals surface area contributed by atoms with Crippen LogP contribution in [0.4, 0.5) is 4.79 Å². The molecule has 1 N–H and O–H groups in total. The van der Waals surface area contributed by atoms with Crippen LogP contribution < -0.4 is 5.32 Å². The number of hydrogen-bond donors (Lipinski definition) is 1. The highest BCUT2D eigenvalue weighted by atomic mass is 35.5. The molecule has 0 aromatic heterocycles. The summed E-state index contributed by atoms with van der Waals surface area (Å²) in [4.78, 5) is 27.1. The van der Waals surface area contributed by atoms with Gasteiger partial charge in [0.1, 0.15) is 5.54 Å². The first-order valence-electron chi connectivity index (χ1n) is 9.03. The van der Waals surface area contributed by atoms with Crippen LogP contribution in [0, 0.1) is 0 Å². The number of amides is 3. The van der Waals surface area contributed by atoms with E-state index >= 15 is 0 Å². The zero-order valence-electron chi connectivity index (χ0n) is 16.3. The largest absolute Gasteiger partial charge is 0.325 e. The Morgan fingerprint density at radius 1 is 1.10 bits per heavy atom. The number of rotatable bonds is 6. The molecular weight excluding hydrogens is 414 g/mol. The molecule has 0 saturated carbocycles. The number of halogens is 1. The first-order valence-corrected chi connectivity index (χ1v) is 10.9. The lowest BCUT2D eigenvalue weighted by Gasteiger charge is -2.26. The third-order valence-electron chi connectivity index (χ3n) is 5.06. The maximum Gasteiger partial charge on any atom is 0.325 e. The molecule has 0 unspecified atom stereocenters. The Kier molecular flexibility index (Phi) is 5.71. The maximum absolute atomic E-state index is 13.2. The lowest BCUT2D eigenvalue weighted by molar-refractivity contribution is -0.132. The Labute approximate surface area is 175 Å². The van der Waals surface area contributed by atoms with Crippen LogP contribution >= 0.6 is 11.6 Å². The molecule has 7 nitrogen and oxygen atoms in total. The van der Waals surface area contributed by atoms with Crippen LogP contribution in [0.2, 0.25) is 5.02 Å². The van der Waals surface area contributed by atoms with Gasteiger partial charge in [0.05, 0.1) is 11.4 Å². The summed E-state index contributed by atoms with van der Waals surface area (Å²) in [6.07, 6.45) is 0.366. The molecule has 1 aliphatic rings. The molecule has 0 spiro atoms. The van der Waals surface area contributed by atoms with Gasteiger partial charge in [0.2, 0.25) is 10.0 Å². The van der Waals surface area contributed by atoms with Gasteiger partial charge in [0.25, 0.3) is 5.91 Å². The van der Waals surface area contributed by atoms with E-state index in [0.29, 0.717) is 22.6 Å². The van der Waals surface area contributed by atoms with Crippen LogP contribution in [0.5, 0.6) is 0 Å². The summed E-state index contributed by atoms with van der Waals surface area (Å²) in [5.74, 6) is -0.381. The summed E-state index contributed by atoms with van der Waals surface area (Å²) in [6.45, 7) is 1.79. The second-order valence-electron chi connectivity index (χ2n) is 7.02. The second kappa shape index (κ2) is 7.78. The van der Waals surface area contributed by atoms with Gasteiger partial charge in [0.15, 0.2) is 0 Å². The first-order chi connectivity index (χ1) is 13.6. The Hall–Kier alpha value is -2.42. The fourth-order valence-corrected chi connectivity index (χ4v) is 4.44. The van der Waals surface area contributed by atoms with E-state index in [0.717, 1.165) is 9.21 Å². The van der Waals surface area contributed by atoms with E-state index in [1.54, 1.807) is 36.4 Å². The number of benzene rings is 2. The van der Waals surface area contributed by atoms with Gasteiger partial charge < -0.3 is 5.32 Å². The summed E-state index contributed by atoms with van der Waals surface area (Å²) in [5, 5.41) is 3.34. The van der Waals surface area contributed by atoms with E-state index in [1.807, 2.05) is 6.92 Å². The van der Waals surface area contributed by atoms with Crippen LogP contribution in [-0.4, -0.2) is 43.7 Å². The van der Waals surface area contributed by atoms with E-state index in [4.69, 9.17) is 11.6 Å². The van der Waals surface area contributed by atoms with Crippen LogP contribution in [0.25, 0.3) is 0 Å². The predicted molar refractivity (Wildman–Crippen MR) is 110 cm³/mol. The van der Waals surface area contributed by atoms with Gasteiger partial charge in [-0.1, -0.05) is 42.8 Å². The zero-order valence-corrected chi connectivity index (χ0v) is 17.9. The second-order valence-corrected chi connectivity index (χ2v) is 9.61. The van der Waals surface area contributed by atoms with Crippen molar-refractivity contribution in [2.75, 3.05) is 14.1 Å². The molecule has 1 aliphatic heterocycles. The molecule has 0 bridgehead atoms. The Bertz CT molecular complexity index is 1050. The quantitative estimate of drug-likeness (QED) is 0.707. The highest BCUT2D eigenvalue weighted by molar-refractivity contribution is 7.89. The average molecular weight is 436 g/mol. The fraction of sp³-hybridized carbons (Fsp3) is 0.300. The Morgan fingerprint density at radius 3 is 2.34 bits per heavy atom. The number of urea groups is 1. The first kappa shape index (κ1) is 21.3. The van der Waals surface area contributed by atoms with Crippen LogP contribution in [0.3, 0.4) is 0 Å². The SMILES string of the molecule is CC[C@@]1(c2ccc(Cl)cc2)NC(=O)N(Cc2cccc(S(=O)(=O)N(C)C)c2)C1=O. The number of imide groups is 1. The van der Waals surface area contributed by atoms with Crippen LogP contribution in [-0.2, 0) is 26.9 Å². The zero-order chi connectivity index (χ0) is 21.4. The lowest BCUT2D eigenvalue weighted by Crippen LogP contribution is -2.43. The highest BCUT2D eigenvalue weighted by Gasteiger charge is 2.51. The van der Waals surface area contributed by atoms with Crippen LogP contribution in [0.15, 0.2) is 53.4 Å². The molecule has 9 heteroatoms. The van der Waals surface area contributed by atoms with Gasteiger partial charge >= 0.3 is 6.03 Å². The molecule has 3 rings (SSSR count). The highest BCUT2D eigenvalue weighted by Crippen LogP contribution is 2.34. The molecule has 29 heavy (non-hydrogen) atoms. The summed E-state index contributed by atoms with van der Waals surface area (Å²) in [6, 6.07) is 12.5. The van der Waals surface area contributed by atoms with Gasteiger partial charge in [-0.2, -0.15) is 0 Å². The molecule has 2 aromatic carbocycles. The predicted octanol–water partition coefficient (Wildman–Crippen LogP) is 2.95. The Morgan fingerprint density at radius 2 is 1.76 bits per heavy atom. The summed E-state index contributed by atoms with van der Waals surface area (Å²) < 4.78 is 25.8. The molecule has 1 fully saturated rings. The minimum atomic E-state index is -3.62. The van der Waals surface area contributed by atoms with E-state index in [1.165, 1.54) is 26.2 Å². The molecule has 1 atom stereocenters. The average Bonchev–Trinajstić information content (AvgIpc) is 2.93.